The number of carbonyl (C=O) groups excluding carboxylic acids is 3. The van der Waals surface area contributed by atoms with Crippen LogP contribution in [0.5, 0.6) is 0 Å². The molecule has 7 heteroatoms. The van der Waals surface area contributed by atoms with Crippen molar-refractivity contribution in [3.8, 4) is 11.1 Å². The van der Waals surface area contributed by atoms with Crippen LogP contribution >= 0.6 is 0 Å². The second kappa shape index (κ2) is 11.4. The molecule has 0 spiro atoms. The molecule has 2 aromatic rings. The van der Waals surface area contributed by atoms with Crippen LogP contribution in [-0.2, 0) is 9.47 Å². The van der Waals surface area contributed by atoms with Crippen molar-refractivity contribution in [2.45, 2.75) is 38.5 Å². The molecule has 0 saturated carbocycles. The summed E-state index contributed by atoms with van der Waals surface area (Å²) in [4.78, 5) is 43.0. The number of esters is 2. The summed E-state index contributed by atoms with van der Waals surface area (Å²) in [7, 11) is 0. The molecule has 3 aliphatic rings. The van der Waals surface area contributed by atoms with Gasteiger partial charge in [-0.25, -0.2) is 9.59 Å². The second-order valence-corrected chi connectivity index (χ2v) is 9.93. The smallest absolute Gasteiger partial charge is 0.338 e. The molecule has 0 aromatic heterocycles. The van der Waals surface area contributed by atoms with Crippen LogP contribution in [0.25, 0.3) is 11.1 Å². The maximum Gasteiger partial charge on any atom is 0.338 e. The first-order valence-corrected chi connectivity index (χ1v) is 13.2. The lowest BCUT2D eigenvalue weighted by Gasteiger charge is -2.14. The largest absolute Gasteiger partial charge is 0.462 e. The van der Waals surface area contributed by atoms with E-state index in [-0.39, 0.29) is 5.78 Å². The molecule has 2 heterocycles. The molecule has 0 radical (unpaired) electrons. The fourth-order valence-corrected chi connectivity index (χ4v) is 5.42. The number of hydrogen-bond donors (Lipinski definition) is 0. The van der Waals surface area contributed by atoms with E-state index < -0.39 is 11.9 Å². The lowest BCUT2D eigenvalue weighted by atomic mass is 10.0. The molecule has 190 valence electrons. The highest BCUT2D eigenvalue weighted by atomic mass is 16.5. The SMILES string of the molecule is O=C(OCCCN1CCCC1)c1ccc2c(c1)C(=O)c1cc(C(=O)OCCCN3CCCC3)ccc1-2. The number of ether oxygens (including phenoxy) is 2. The molecule has 2 saturated heterocycles. The average molecular weight is 491 g/mol. The van der Waals surface area contributed by atoms with Crippen LogP contribution in [0.4, 0.5) is 0 Å². The van der Waals surface area contributed by atoms with Crippen molar-refractivity contribution in [2.75, 3.05) is 52.5 Å². The molecule has 2 aromatic carbocycles. The molecule has 7 nitrogen and oxygen atoms in total. The number of likely N-dealkylation sites (tertiary alicyclic amines) is 2. The third-order valence-corrected chi connectivity index (χ3v) is 7.39. The van der Waals surface area contributed by atoms with Crippen molar-refractivity contribution in [3.63, 3.8) is 0 Å². The molecule has 5 rings (SSSR count). The number of fused-ring (bicyclic) bond motifs is 3. The highest BCUT2D eigenvalue weighted by molar-refractivity contribution is 6.22. The van der Waals surface area contributed by atoms with Gasteiger partial charge < -0.3 is 19.3 Å². The van der Waals surface area contributed by atoms with Crippen molar-refractivity contribution in [1.29, 1.82) is 0 Å². The monoisotopic (exact) mass is 490 g/mol. The Bertz CT molecular complexity index is 1040. The minimum atomic E-state index is -0.416. The number of rotatable bonds is 10. The summed E-state index contributed by atoms with van der Waals surface area (Å²) < 4.78 is 10.9. The zero-order chi connectivity index (χ0) is 24.9. The van der Waals surface area contributed by atoms with E-state index in [4.69, 9.17) is 9.47 Å². The Kier molecular flexibility index (Phi) is 7.78. The molecular formula is C29H34N2O5. The van der Waals surface area contributed by atoms with E-state index in [1.165, 1.54) is 25.7 Å². The van der Waals surface area contributed by atoms with Gasteiger partial charge in [-0.3, -0.25) is 4.79 Å². The van der Waals surface area contributed by atoms with Crippen molar-refractivity contribution in [3.05, 3.63) is 58.7 Å². The summed E-state index contributed by atoms with van der Waals surface area (Å²) in [6.45, 7) is 7.11. The third-order valence-electron chi connectivity index (χ3n) is 7.39. The van der Waals surface area contributed by atoms with Gasteiger partial charge in [0.15, 0.2) is 5.78 Å². The Balaban J connectivity index is 1.16. The van der Waals surface area contributed by atoms with E-state index in [2.05, 4.69) is 9.80 Å². The number of nitrogens with zero attached hydrogens (tertiary/aromatic N) is 2. The van der Waals surface area contributed by atoms with Crippen LogP contribution in [0.2, 0.25) is 0 Å². The van der Waals surface area contributed by atoms with E-state index in [0.717, 1.165) is 63.2 Å². The molecular weight excluding hydrogens is 456 g/mol. The number of carbonyl (C=O) groups is 3. The first-order chi connectivity index (χ1) is 17.6. The van der Waals surface area contributed by atoms with Gasteiger partial charge in [-0.2, -0.15) is 0 Å². The Morgan fingerprint density at radius 2 is 1.06 bits per heavy atom. The maximum absolute atomic E-state index is 13.1. The van der Waals surface area contributed by atoms with Crippen molar-refractivity contribution in [2.24, 2.45) is 0 Å². The molecule has 2 aliphatic heterocycles. The van der Waals surface area contributed by atoms with E-state index in [1.54, 1.807) is 36.4 Å². The number of hydrogen-bond acceptors (Lipinski definition) is 7. The van der Waals surface area contributed by atoms with Crippen LogP contribution in [-0.4, -0.2) is 80.0 Å². The Morgan fingerprint density at radius 3 is 1.47 bits per heavy atom. The predicted octanol–water partition coefficient (Wildman–Crippen LogP) is 4.18. The zero-order valence-electron chi connectivity index (χ0n) is 20.8. The minimum Gasteiger partial charge on any atom is -0.462 e. The lowest BCUT2D eigenvalue weighted by molar-refractivity contribution is 0.0481. The summed E-state index contributed by atoms with van der Waals surface area (Å²) in [5.41, 5.74) is 3.21. The maximum atomic E-state index is 13.1. The fourth-order valence-electron chi connectivity index (χ4n) is 5.42. The average Bonchev–Trinajstić information content (AvgIpc) is 3.66. The summed E-state index contributed by atoms with van der Waals surface area (Å²) in [6.07, 6.45) is 6.58. The van der Waals surface area contributed by atoms with Crippen molar-refractivity contribution in [1.82, 2.24) is 9.80 Å². The molecule has 0 bridgehead atoms. The molecule has 0 unspecified atom stereocenters. The lowest BCUT2D eigenvalue weighted by Crippen LogP contribution is -2.22. The number of benzene rings is 2. The Morgan fingerprint density at radius 1 is 0.639 bits per heavy atom. The predicted molar refractivity (Wildman–Crippen MR) is 136 cm³/mol. The van der Waals surface area contributed by atoms with Gasteiger partial charge in [0.25, 0.3) is 0 Å². The third kappa shape index (κ3) is 5.52. The highest BCUT2D eigenvalue weighted by Crippen LogP contribution is 2.37. The van der Waals surface area contributed by atoms with Gasteiger partial charge in [0.2, 0.25) is 0 Å². The summed E-state index contributed by atoms with van der Waals surface area (Å²) in [5, 5.41) is 0. The van der Waals surface area contributed by atoms with Crippen LogP contribution in [0.3, 0.4) is 0 Å². The standard InChI is InChI=1S/C29H34N2O5/c32-27-25-19-21(28(33)35-17-5-15-30-11-1-2-12-30)7-9-23(25)24-10-8-22(20-26(24)27)29(34)36-18-6-16-31-13-3-4-14-31/h7-10,19-20H,1-6,11-18H2. The molecule has 36 heavy (non-hydrogen) atoms. The van der Waals surface area contributed by atoms with E-state index >= 15 is 0 Å². The summed E-state index contributed by atoms with van der Waals surface area (Å²) in [6, 6.07) is 10.2. The Hall–Kier alpha value is -3.03. The minimum absolute atomic E-state index is 0.188. The molecule has 1 aliphatic carbocycles. The topological polar surface area (TPSA) is 76.1 Å². The molecule has 0 N–H and O–H groups in total. The fraction of sp³-hybridized carbons (Fsp3) is 0.483. The first-order valence-electron chi connectivity index (χ1n) is 13.2. The molecule has 0 atom stereocenters. The van der Waals surface area contributed by atoms with Crippen molar-refractivity contribution >= 4 is 17.7 Å². The van der Waals surface area contributed by atoms with E-state index in [1.807, 2.05) is 0 Å². The quantitative estimate of drug-likeness (QED) is 0.312. The highest BCUT2D eigenvalue weighted by Gasteiger charge is 2.29. The van der Waals surface area contributed by atoms with Gasteiger partial charge in [-0.05, 0) is 100 Å². The van der Waals surface area contributed by atoms with Crippen molar-refractivity contribution < 1.29 is 23.9 Å². The van der Waals surface area contributed by atoms with Gasteiger partial charge >= 0.3 is 11.9 Å². The number of ketones is 1. The van der Waals surface area contributed by atoms with Gasteiger partial charge in [0.05, 0.1) is 24.3 Å². The van der Waals surface area contributed by atoms with E-state index in [0.29, 0.717) is 35.5 Å². The van der Waals surface area contributed by atoms with E-state index in [9.17, 15) is 14.4 Å². The Labute approximate surface area is 212 Å². The zero-order valence-corrected chi connectivity index (χ0v) is 20.8. The molecule has 0 amide bonds. The van der Waals surface area contributed by atoms with Crippen LogP contribution in [0.15, 0.2) is 36.4 Å². The second-order valence-electron chi connectivity index (χ2n) is 9.93. The molecule has 2 fully saturated rings. The summed E-state index contributed by atoms with van der Waals surface area (Å²) in [5.74, 6) is -1.02. The van der Waals surface area contributed by atoms with Gasteiger partial charge in [-0.15, -0.1) is 0 Å². The summed E-state index contributed by atoms with van der Waals surface area (Å²) >= 11 is 0. The van der Waals surface area contributed by atoms with Crippen LogP contribution in [0.1, 0.15) is 75.2 Å². The normalized spacial score (nSPS) is 17.3. The van der Waals surface area contributed by atoms with Crippen LogP contribution < -0.4 is 0 Å². The van der Waals surface area contributed by atoms with Gasteiger partial charge in [0, 0.05) is 24.2 Å². The van der Waals surface area contributed by atoms with Gasteiger partial charge in [-0.1, -0.05) is 12.1 Å². The first kappa shape index (κ1) is 24.7. The van der Waals surface area contributed by atoms with Crippen LogP contribution in [0, 0.1) is 0 Å². The van der Waals surface area contributed by atoms with Gasteiger partial charge in [0.1, 0.15) is 0 Å².